The van der Waals surface area contributed by atoms with Gasteiger partial charge in [0.2, 0.25) is 11.7 Å². The minimum Gasteiger partial charge on any atom is -0.394 e. The summed E-state index contributed by atoms with van der Waals surface area (Å²) in [7, 11) is 1.59. The maximum Gasteiger partial charge on any atom is 0.384 e. The molecule has 10 nitrogen and oxygen atoms in total. The Morgan fingerprint density at radius 2 is 2.05 bits per heavy atom. The van der Waals surface area contributed by atoms with Gasteiger partial charge in [0.15, 0.2) is 6.33 Å². The van der Waals surface area contributed by atoms with E-state index in [9.17, 15) is 19.8 Å². The molecule has 3 heterocycles. The molecule has 0 radical (unpaired) electrons. The third kappa shape index (κ3) is 2.00. The van der Waals surface area contributed by atoms with E-state index in [-0.39, 0.29) is 11.2 Å². The van der Waals surface area contributed by atoms with Gasteiger partial charge < -0.3 is 20.1 Å². The van der Waals surface area contributed by atoms with Gasteiger partial charge in [-0.05, 0) is 0 Å². The molecule has 21 heavy (non-hydrogen) atoms. The molecule has 10 heteroatoms. The molecule has 0 bridgehead atoms. The highest BCUT2D eigenvalue weighted by Crippen LogP contribution is 2.25. The summed E-state index contributed by atoms with van der Waals surface area (Å²) in [6.45, 7) is -0.461. The fraction of sp³-hybridized carbons (Fsp3) is 0.545. The van der Waals surface area contributed by atoms with Crippen LogP contribution in [0.1, 0.15) is 6.23 Å². The molecule has 0 amide bonds. The zero-order valence-corrected chi connectivity index (χ0v) is 11.1. The van der Waals surface area contributed by atoms with Crippen LogP contribution < -0.4 is 15.8 Å². The summed E-state index contributed by atoms with van der Waals surface area (Å²) in [5.74, 6) is 0. The minimum atomic E-state index is -1.31. The quantitative estimate of drug-likeness (QED) is 0.363. The molecule has 0 aromatic carbocycles. The molecule has 0 aliphatic carbocycles. The molecular formula is C11H15N4O6+. The minimum absolute atomic E-state index is 0.154. The van der Waals surface area contributed by atoms with E-state index in [2.05, 4.69) is 9.97 Å². The largest absolute Gasteiger partial charge is 0.394 e. The van der Waals surface area contributed by atoms with Gasteiger partial charge in [-0.1, -0.05) is 0 Å². The summed E-state index contributed by atoms with van der Waals surface area (Å²) in [6, 6.07) is 0. The second-order valence-corrected chi connectivity index (χ2v) is 4.97. The van der Waals surface area contributed by atoms with Gasteiger partial charge in [0.05, 0.1) is 13.7 Å². The van der Waals surface area contributed by atoms with Gasteiger partial charge in [0, 0.05) is 0 Å². The van der Waals surface area contributed by atoms with E-state index >= 15 is 0 Å². The number of aliphatic hydroxyl groups is 3. The van der Waals surface area contributed by atoms with Crippen LogP contribution in [0.4, 0.5) is 0 Å². The number of rotatable bonds is 2. The molecule has 114 valence electrons. The Balaban J connectivity index is 2.18. The number of aryl methyl sites for hydroxylation is 1. The lowest BCUT2D eigenvalue weighted by Gasteiger charge is -2.12. The zero-order chi connectivity index (χ0) is 15.3. The fourth-order valence-electron chi connectivity index (χ4n) is 2.59. The molecule has 0 unspecified atom stereocenters. The number of aromatic nitrogens is 4. The van der Waals surface area contributed by atoms with Gasteiger partial charge in [-0.3, -0.25) is 14.3 Å². The molecule has 4 atom stereocenters. The maximum absolute atomic E-state index is 11.8. The SMILES string of the molecule is Cn1c[n+]([C@@H]2O[C@@H](CO)[C@@H](O)[C@@H]2O)c2[nH]c(=O)[nH]c(=O)c21. The Labute approximate surface area is 116 Å². The lowest BCUT2D eigenvalue weighted by atomic mass is 10.1. The van der Waals surface area contributed by atoms with E-state index in [4.69, 9.17) is 9.84 Å². The van der Waals surface area contributed by atoms with Crippen LogP contribution >= 0.6 is 0 Å². The number of hydrogen-bond acceptors (Lipinski definition) is 6. The number of imidazole rings is 1. The van der Waals surface area contributed by atoms with Crippen LogP contribution in [-0.2, 0) is 11.8 Å². The van der Waals surface area contributed by atoms with E-state index < -0.39 is 42.4 Å². The summed E-state index contributed by atoms with van der Waals surface area (Å²) in [5, 5.41) is 28.9. The van der Waals surface area contributed by atoms with Crippen molar-refractivity contribution in [1.82, 2.24) is 14.5 Å². The van der Waals surface area contributed by atoms with E-state index in [1.54, 1.807) is 7.05 Å². The van der Waals surface area contributed by atoms with Gasteiger partial charge in [-0.15, -0.1) is 0 Å². The van der Waals surface area contributed by atoms with Crippen molar-refractivity contribution < 1.29 is 24.6 Å². The number of hydrogen-bond donors (Lipinski definition) is 5. The van der Waals surface area contributed by atoms with E-state index in [1.165, 1.54) is 15.5 Å². The van der Waals surface area contributed by atoms with Crippen LogP contribution in [0.3, 0.4) is 0 Å². The van der Waals surface area contributed by atoms with Gasteiger partial charge in [0.1, 0.15) is 18.3 Å². The van der Waals surface area contributed by atoms with Crippen LogP contribution in [0.15, 0.2) is 15.9 Å². The second-order valence-electron chi connectivity index (χ2n) is 4.97. The maximum atomic E-state index is 11.8. The Morgan fingerprint density at radius 1 is 1.33 bits per heavy atom. The first-order valence-corrected chi connectivity index (χ1v) is 6.29. The van der Waals surface area contributed by atoms with Crippen molar-refractivity contribution in [3.8, 4) is 0 Å². The Morgan fingerprint density at radius 3 is 2.67 bits per heavy atom. The molecule has 1 fully saturated rings. The monoisotopic (exact) mass is 299 g/mol. The van der Waals surface area contributed by atoms with Crippen molar-refractivity contribution in [2.45, 2.75) is 24.5 Å². The van der Waals surface area contributed by atoms with Crippen LogP contribution in [0, 0.1) is 0 Å². The number of ether oxygens (including phenoxy) is 1. The summed E-state index contributed by atoms with van der Waals surface area (Å²) in [4.78, 5) is 27.8. The molecule has 1 aliphatic heterocycles. The summed E-state index contributed by atoms with van der Waals surface area (Å²) < 4.78 is 8.19. The highest BCUT2D eigenvalue weighted by atomic mass is 16.6. The average molecular weight is 299 g/mol. The van der Waals surface area contributed by atoms with Crippen molar-refractivity contribution in [2.75, 3.05) is 6.61 Å². The fourth-order valence-corrected chi connectivity index (χ4v) is 2.59. The van der Waals surface area contributed by atoms with Crippen LogP contribution in [-0.4, -0.2) is 54.8 Å². The Hall–Kier alpha value is -2.01. The highest BCUT2D eigenvalue weighted by Gasteiger charge is 2.46. The van der Waals surface area contributed by atoms with Crippen molar-refractivity contribution in [2.24, 2.45) is 7.05 Å². The Bertz CT molecular complexity index is 792. The predicted molar refractivity (Wildman–Crippen MR) is 67.4 cm³/mol. The topological polar surface area (TPSA) is 144 Å². The predicted octanol–water partition coefficient (Wildman–Crippen LogP) is -3.55. The summed E-state index contributed by atoms with van der Waals surface area (Å²) in [6.07, 6.45) is -3.09. The lowest BCUT2D eigenvalue weighted by Crippen LogP contribution is -2.46. The summed E-state index contributed by atoms with van der Waals surface area (Å²) >= 11 is 0. The molecule has 2 aromatic heterocycles. The summed E-state index contributed by atoms with van der Waals surface area (Å²) in [5.41, 5.74) is -0.936. The van der Waals surface area contributed by atoms with Gasteiger partial charge >= 0.3 is 5.69 Å². The first-order valence-electron chi connectivity index (χ1n) is 6.29. The van der Waals surface area contributed by atoms with Crippen LogP contribution in [0.2, 0.25) is 0 Å². The van der Waals surface area contributed by atoms with Gasteiger partial charge in [-0.2, -0.15) is 0 Å². The van der Waals surface area contributed by atoms with Crippen molar-refractivity contribution >= 4 is 11.2 Å². The van der Waals surface area contributed by atoms with Gasteiger partial charge in [0.25, 0.3) is 11.2 Å². The number of aliphatic hydroxyl groups excluding tert-OH is 3. The first kappa shape index (κ1) is 13.9. The van der Waals surface area contributed by atoms with E-state index in [0.717, 1.165) is 0 Å². The van der Waals surface area contributed by atoms with E-state index in [1.807, 2.05) is 0 Å². The molecule has 5 N–H and O–H groups in total. The normalized spacial score (nSPS) is 29.3. The highest BCUT2D eigenvalue weighted by molar-refractivity contribution is 5.65. The van der Waals surface area contributed by atoms with Crippen molar-refractivity contribution in [3.63, 3.8) is 0 Å². The molecule has 0 spiro atoms. The number of nitrogens with zero attached hydrogens (tertiary/aromatic N) is 2. The zero-order valence-electron chi connectivity index (χ0n) is 11.1. The van der Waals surface area contributed by atoms with Crippen molar-refractivity contribution in [1.29, 1.82) is 0 Å². The second kappa shape index (κ2) is 4.77. The molecule has 3 rings (SSSR count). The van der Waals surface area contributed by atoms with Crippen LogP contribution in [0.25, 0.3) is 11.2 Å². The number of H-pyrrole nitrogens is 2. The third-order valence-corrected chi connectivity index (χ3v) is 3.60. The van der Waals surface area contributed by atoms with Crippen molar-refractivity contribution in [3.05, 3.63) is 27.2 Å². The number of nitrogens with one attached hydrogen (secondary N) is 2. The number of aromatic amines is 2. The molecule has 1 saturated heterocycles. The molecule has 2 aromatic rings. The average Bonchev–Trinajstić information content (AvgIpc) is 2.89. The molecular weight excluding hydrogens is 284 g/mol. The molecule has 0 saturated carbocycles. The standard InChI is InChI=1S/C11H14N4O6/c1-14-3-15(8-5(14)9(19)13-11(20)12-8)10-7(18)6(17)4(2-16)21-10/h3-4,6-7,10,16-18H,2H2,1H3,(H-,12,13,19,20)/p+1/t4-,6+,7-,10+/m0/s1. The third-order valence-electron chi connectivity index (χ3n) is 3.60. The first-order chi connectivity index (χ1) is 9.93. The van der Waals surface area contributed by atoms with Gasteiger partial charge in [-0.25, -0.2) is 14.3 Å². The Kier molecular flexibility index (Phi) is 3.17. The molecule has 1 aliphatic rings. The van der Waals surface area contributed by atoms with E-state index in [0.29, 0.717) is 0 Å². The number of fused-ring (bicyclic) bond motifs is 1. The van der Waals surface area contributed by atoms with Crippen LogP contribution in [0.5, 0.6) is 0 Å². The smallest absolute Gasteiger partial charge is 0.384 e. The lowest BCUT2D eigenvalue weighted by molar-refractivity contribution is -0.746.